The fraction of sp³-hybridized carbons (Fsp3) is 0.400. The molecular formula is C20H23FN4O3. The van der Waals surface area contributed by atoms with E-state index in [1.807, 2.05) is 30.9 Å². The minimum atomic E-state index is -0.509. The Kier molecular flexibility index (Phi) is 5.15. The zero-order valence-electron chi connectivity index (χ0n) is 15.9. The summed E-state index contributed by atoms with van der Waals surface area (Å²) in [6, 6.07) is 5.51. The fourth-order valence-electron chi connectivity index (χ4n) is 3.72. The van der Waals surface area contributed by atoms with Crippen molar-refractivity contribution in [3.05, 3.63) is 47.5 Å². The summed E-state index contributed by atoms with van der Waals surface area (Å²) >= 11 is 0. The zero-order valence-corrected chi connectivity index (χ0v) is 15.9. The maximum atomic E-state index is 15.4. The van der Waals surface area contributed by atoms with Crippen LogP contribution in [0.5, 0.6) is 0 Å². The maximum absolute atomic E-state index is 15.4. The number of halogens is 1. The maximum Gasteiger partial charge on any atom is 0.206 e. The van der Waals surface area contributed by atoms with Crippen molar-refractivity contribution in [1.82, 2.24) is 10.1 Å². The van der Waals surface area contributed by atoms with Gasteiger partial charge in [0.2, 0.25) is 5.58 Å². The smallest absolute Gasteiger partial charge is 0.206 e. The highest BCUT2D eigenvalue weighted by atomic mass is 19.1. The van der Waals surface area contributed by atoms with Crippen molar-refractivity contribution in [2.45, 2.75) is 39.2 Å². The Morgan fingerprint density at radius 1 is 1.32 bits per heavy atom. The number of hydrogen-bond acceptors (Lipinski definition) is 7. The number of morpholine rings is 1. The van der Waals surface area contributed by atoms with E-state index in [9.17, 15) is 5.11 Å². The monoisotopic (exact) mass is 386 g/mol. The van der Waals surface area contributed by atoms with Crippen molar-refractivity contribution < 1.29 is 18.8 Å². The van der Waals surface area contributed by atoms with Crippen LogP contribution < -0.4 is 10.2 Å². The first-order valence-electron chi connectivity index (χ1n) is 9.31. The number of fused-ring (bicyclic) bond motifs is 1. The van der Waals surface area contributed by atoms with Crippen LogP contribution in [0, 0.1) is 5.82 Å². The molecule has 2 atom stereocenters. The van der Waals surface area contributed by atoms with E-state index in [1.54, 1.807) is 18.5 Å². The number of aliphatic hydroxyl groups is 1. The van der Waals surface area contributed by atoms with Gasteiger partial charge in [-0.25, -0.2) is 4.39 Å². The van der Waals surface area contributed by atoms with Gasteiger partial charge < -0.3 is 24.6 Å². The van der Waals surface area contributed by atoms with Gasteiger partial charge in [-0.15, -0.1) is 0 Å². The quantitative estimate of drug-likeness (QED) is 0.697. The molecule has 4 rings (SSSR count). The van der Waals surface area contributed by atoms with Crippen molar-refractivity contribution in [2.75, 3.05) is 23.3 Å². The van der Waals surface area contributed by atoms with Gasteiger partial charge in [-0.2, -0.15) is 0 Å². The van der Waals surface area contributed by atoms with E-state index in [0.29, 0.717) is 42.1 Å². The molecule has 0 unspecified atom stereocenters. The average molecular weight is 386 g/mol. The molecule has 1 aromatic carbocycles. The van der Waals surface area contributed by atoms with Gasteiger partial charge in [0.25, 0.3) is 0 Å². The summed E-state index contributed by atoms with van der Waals surface area (Å²) in [6.45, 7) is 5.18. The number of hydrogen-bond donors (Lipinski definition) is 2. The highest BCUT2D eigenvalue weighted by Gasteiger charge is 2.29. The van der Waals surface area contributed by atoms with Crippen LogP contribution in [-0.2, 0) is 17.9 Å². The van der Waals surface area contributed by atoms with Crippen molar-refractivity contribution in [3.63, 3.8) is 0 Å². The van der Waals surface area contributed by atoms with E-state index in [-0.39, 0.29) is 24.4 Å². The van der Waals surface area contributed by atoms with Crippen LogP contribution in [0.15, 0.2) is 35.1 Å². The largest absolute Gasteiger partial charge is 0.392 e. The minimum absolute atomic E-state index is 0.0307. The number of aliphatic hydroxyl groups excluding tert-OH is 1. The first kappa shape index (κ1) is 18.6. The van der Waals surface area contributed by atoms with Gasteiger partial charge in [-0.3, -0.25) is 4.98 Å². The van der Waals surface area contributed by atoms with Crippen LogP contribution >= 0.6 is 0 Å². The molecule has 0 aliphatic carbocycles. The predicted octanol–water partition coefficient (Wildman–Crippen LogP) is 3.08. The van der Waals surface area contributed by atoms with E-state index in [4.69, 9.17) is 9.26 Å². The summed E-state index contributed by atoms with van der Waals surface area (Å²) < 4.78 is 26.4. The number of aromatic nitrogens is 2. The molecule has 7 nitrogen and oxygen atoms in total. The van der Waals surface area contributed by atoms with Gasteiger partial charge in [0.1, 0.15) is 0 Å². The first-order valence-corrected chi connectivity index (χ1v) is 9.31. The highest BCUT2D eigenvalue weighted by molar-refractivity contribution is 5.92. The Bertz CT molecular complexity index is 953. The molecule has 0 spiro atoms. The Hall–Kier alpha value is -2.71. The molecule has 0 bridgehead atoms. The van der Waals surface area contributed by atoms with Crippen LogP contribution in [0.1, 0.15) is 25.0 Å². The molecule has 1 fully saturated rings. The second-order valence-corrected chi connectivity index (χ2v) is 7.14. The lowest BCUT2D eigenvalue weighted by Gasteiger charge is -2.37. The van der Waals surface area contributed by atoms with Crippen LogP contribution in [0.2, 0.25) is 0 Å². The average Bonchev–Trinajstić information content (AvgIpc) is 3.09. The molecular weight excluding hydrogens is 363 g/mol. The standard InChI is InChI=1S/C20H23FN4O3/c1-12-9-25(10-13(2)27-12)18-15(11-26)6-16-19(17(18)21)28-24-20(16)23-8-14-4-3-5-22-7-14/h3-7,12-13,26H,8-11H2,1-2H3,(H,23,24)/t12-,13+. The summed E-state index contributed by atoms with van der Waals surface area (Å²) in [5.74, 6) is -0.0764. The van der Waals surface area contributed by atoms with Crippen LogP contribution in [0.25, 0.3) is 11.0 Å². The third-order valence-corrected chi connectivity index (χ3v) is 4.85. The number of ether oxygens (including phenoxy) is 1. The molecule has 28 heavy (non-hydrogen) atoms. The second kappa shape index (κ2) is 7.73. The second-order valence-electron chi connectivity index (χ2n) is 7.14. The Morgan fingerprint density at radius 2 is 2.11 bits per heavy atom. The SMILES string of the molecule is C[C@@H]1CN(c2c(CO)cc3c(NCc4cccnc4)noc3c2F)C[C@H](C)O1. The molecule has 1 aliphatic rings. The van der Waals surface area contributed by atoms with Crippen molar-refractivity contribution >= 4 is 22.5 Å². The number of nitrogens with one attached hydrogen (secondary N) is 1. The molecule has 148 valence electrons. The van der Waals surface area contributed by atoms with Gasteiger partial charge in [-0.05, 0) is 31.5 Å². The Balaban J connectivity index is 1.68. The molecule has 1 saturated heterocycles. The van der Waals surface area contributed by atoms with Crippen LogP contribution in [-0.4, -0.2) is 40.5 Å². The van der Waals surface area contributed by atoms with E-state index < -0.39 is 5.82 Å². The summed E-state index contributed by atoms with van der Waals surface area (Å²) in [5.41, 5.74) is 1.90. The molecule has 1 aliphatic heterocycles. The Morgan fingerprint density at radius 3 is 2.79 bits per heavy atom. The lowest BCUT2D eigenvalue weighted by atomic mass is 10.1. The van der Waals surface area contributed by atoms with Gasteiger partial charge in [0.15, 0.2) is 11.6 Å². The number of rotatable bonds is 5. The number of benzene rings is 1. The molecule has 0 saturated carbocycles. The van der Waals surface area contributed by atoms with Crippen molar-refractivity contribution in [2.24, 2.45) is 0 Å². The van der Waals surface area contributed by atoms with Crippen molar-refractivity contribution in [3.8, 4) is 0 Å². The predicted molar refractivity (Wildman–Crippen MR) is 104 cm³/mol. The van der Waals surface area contributed by atoms with Gasteiger partial charge in [-0.1, -0.05) is 11.2 Å². The van der Waals surface area contributed by atoms with E-state index in [2.05, 4.69) is 15.5 Å². The third kappa shape index (κ3) is 3.53. The molecule has 2 N–H and O–H groups in total. The fourth-order valence-corrected chi connectivity index (χ4v) is 3.72. The summed E-state index contributed by atoms with van der Waals surface area (Å²) in [5, 5.41) is 17.5. The van der Waals surface area contributed by atoms with Gasteiger partial charge >= 0.3 is 0 Å². The Labute approximate surface area is 162 Å². The molecule has 0 radical (unpaired) electrons. The third-order valence-electron chi connectivity index (χ3n) is 4.85. The van der Waals surface area contributed by atoms with Crippen molar-refractivity contribution in [1.29, 1.82) is 0 Å². The van der Waals surface area contributed by atoms with E-state index >= 15 is 4.39 Å². The number of anilines is 2. The van der Waals surface area contributed by atoms with Gasteiger partial charge in [0, 0.05) is 37.6 Å². The normalized spacial score (nSPS) is 19.9. The first-order chi connectivity index (χ1) is 13.6. The number of pyridine rings is 1. The van der Waals surface area contributed by atoms with Gasteiger partial charge in [0.05, 0.1) is 29.9 Å². The minimum Gasteiger partial charge on any atom is -0.392 e. The molecule has 8 heteroatoms. The highest BCUT2D eigenvalue weighted by Crippen LogP contribution is 2.36. The molecule has 0 amide bonds. The van der Waals surface area contributed by atoms with E-state index in [0.717, 1.165) is 5.56 Å². The molecule has 3 heterocycles. The topological polar surface area (TPSA) is 83.7 Å². The number of nitrogens with zero attached hydrogens (tertiary/aromatic N) is 3. The summed E-state index contributed by atoms with van der Waals surface area (Å²) in [6.07, 6.45) is 3.38. The van der Waals surface area contributed by atoms with E-state index in [1.165, 1.54) is 0 Å². The molecule has 2 aromatic heterocycles. The van der Waals surface area contributed by atoms with Crippen LogP contribution in [0.4, 0.5) is 15.9 Å². The molecule has 3 aromatic rings. The summed E-state index contributed by atoms with van der Waals surface area (Å²) in [4.78, 5) is 5.98. The lowest BCUT2D eigenvalue weighted by molar-refractivity contribution is -0.00549. The van der Waals surface area contributed by atoms with Crippen LogP contribution in [0.3, 0.4) is 0 Å². The summed E-state index contributed by atoms with van der Waals surface area (Å²) in [7, 11) is 0. The lowest BCUT2D eigenvalue weighted by Crippen LogP contribution is -2.46. The zero-order chi connectivity index (χ0) is 19.7.